The van der Waals surface area contributed by atoms with Gasteiger partial charge in [0.25, 0.3) is 0 Å². The smallest absolute Gasteiger partial charge is 0.220 e. The van der Waals surface area contributed by atoms with E-state index in [4.69, 9.17) is 0 Å². The van der Waals surface area contributed by atoms with Crippen molar-refractivity contribution in [2.75, 3.05) is 13.1 Å². The third-order valence-electron chi connectivity index (χ3n) is 3.96. The molecule has 4 heteroatoms. The second-order valence-corrected chi connectivity index (χ2v) is 5.59. The van der Waals surface area contributed by atoms with Crippen molar-refractivity contribution in [2.24, 2.45) is 5.92 Å². The van der Waals surface area contributed by atoms with Gasteiger partial charge in [-0.2, -0.15) is 0 Å². The van der Waals surface area contributed by atoms with Gasteiger partial charge in [0.1, 0.15) is 5.82 Å². The van der Waals surface area contributed by atoms with Gasteiger partial charge in [-0.05, 0) is 62.4 Å². The van der Waals surface area contributed by atoms with E-state index in [0.29, 0.717) is 24.4 Å². The Morgan fingerprint density at radius 2 is 2.15 bits per heavy atom. The SMILES string of the molecule is Cc1ccc(CNC(=O)CCC2CCNCC2)cc1F. The minimum Gasteiger partial charge on any atom is -0.352 e. The van der Waals surface area contributed by atoms with Crippen LogP contribution < -0.4 is 10.6 Å². The molecule has 0 bridgehead atoms. The molecule has 0 saturated carbocycles. The van der Waals surface area contributed by atoms with E-state index in [9.17, 15) is 9.18 Å². The lowest BCUT2D eigenvalue weighted by atomic mass is 9.93. The Labute approximate surface area is 120 Å². The Bertz CT molecular complexity index is 456. The van der Waals surface area contributed by atoms with Crippen molar-refractivity contribution in [3.8, 4) is 0 Å². The molecule has 0 unspecified atom stereocenters. The van der Waals surface area contributed by atoms with Gasteiger partial charge < -0.3 is 10.6 Å². The van der Waals surface area contributed by atoms with Crippen molar-refractivity contribution in [1.82, 2.24) is 10.6 Å². The van der Waals surface area contributed by atoms with Gasteiger partial charge in [-0.15, -0.1) is 0 Å². The standard InChI is InChI=1S/C16H23FN2O/c1-12-2-3-14(10-15(12)17)11-19-16(20)5-4-13-6-8-18-9-7-13/h2-3,10,13,18H,4-9,11H2,1H3,(H,19,20). The van der Waals surface area contributed by atoms with E-state index >= 15 is 0 Å². The Kier molecular flexibility index (Phi) is 5.53. The number of rotatable bonds is 5. The lowest BCUT2D eigenvalue weighted by molar-refractivity contribution is -0.121. The summed E-state index contributed by atoms with van der Waals surface area (Å²) in [5.41, 5.74) is 1.44. The van der Waals surface area contributed by atoms with E-state index in [1.54, 1.807) is 13.0 Å². The van der Waals surface area contributed by atoms with Crippen LogP contribution in [0.5, 0.6) is 0 Å². The van der Waals surface area contributed by atoms with Crippen molar-refractivity contribution < 1.29 is 9.18 Å². The van der Waals surface area contributed by atoms with Crippen LogP contribution in [-0.4, -0.2) is 19.0 Å². The molecule has 1 saturated heterocycles. The molecule has 20 heavy (non-hydrogen) atoms. The molecule has 1 amide bonds. The molecule has 1 aromatic carbocycles. The summed E-state index contributed by atoms with van der Waals surface area (Å²) in [7, 11) is 0. The maximum Gasteiger partial charge on any atom is 0.220 e. The summed E-state index contributed by atoms with van der Waals surface area (Å²) in [6.07, 6.45) is 3.85. The first-order valence-corrected chi connectivity index (χ1v) is 7.37. The third kappa shape index (κ3) is 4.60. The molecule has 1 aromatic rings. The Balaban J connectivity index is 1.70. The number of amides is 1. The lowest BCUT2D eigenvalue weighted by Crippen LogP contribution is -2.29. The van der Waals surface area contributed by atoms with Crippen molar-refractivity contribution in [3.05, 3.63) is 35.1 Å². The summed E-state index contributed by atoms with van der Waals surface area (Å²) in [6.45, 7) is 4.27. The van der Waals surface area contributed by atoms with E-state index < -0.39 is 0 Å². The zero-order valence-corrected chi connectivity index (χ0v) is 12.0. The Morgan fingerprint density at radius 3 is 2.85 bits per heavy atom. The highest BCUT2D eigenvalue weighted by Gasteiger charge is 2.14. The summed E-state index contributed by atoms with van der Waals surface area (Å²) >= 11 is 0. The van der Waals surface area contributed by atoms with Crippen molar-refractivity contribution in [2.45, 2.75) is 39.2 Å². The molecule has 0 aromatic heterocycles. The average molecular weight is 278 g/mol. The third-order valence-corrected chi connectivity index (χ3v) is 3.96. The van der Waals surface area contributed by atoms with Gasteiger partial charge in [-0.3, -0.25) is 4.79 Å². The fraction of sp³-hybridized carbons (Fsp3) is 0.562. The van der Waals surface area contributed by atoms with E-state index in [2.05, 4.69) is 10.6 Å². The van der Waals surface area contributed by atoms with Gasteiger partial charge in [-0.25, -0.2) is 4.39 Å². The summed E-state index contributed by atoms with van der Waals surface area (Å²) in [6, 6.07) is 5.08. The molecule has 0 radical (unpaired) electrons. The van der Waals surface area contributed by atoms with Crippen LogP contribution in [-0.2, 0) is 11.3 Å². The van der Waals surface area contributed by atoms with Gasteiger partial charge in [-0.1, -0.05) is 12.1 Å². The van der Waals surface area contributed by atoms with Crippen LogP contribution in [0.2, 0.25) is 0 Å². The fourth-order valence-electron chi connectivity index (χ4n) is 2.54. The van der Waals surface area contributed by atoms with Crippen molar-refractivity contribution >= 4 is 5.91 Å². The molecule has 0 aliphatic carbocycles. The first-order chi connectivity index (χ1) is 9.65. The first-order valence-electron chi connectivity index (χ1n) is 7.37. The minimum atomic E-state index is -0.216. The highest BCUT2D eigenvalue weighted by molar-refractivity contribution is 5.75. The highest BCUT2D eigenvalue weighted by atomic mass is 19.1. The molecule has 2 rings (SSSR count). The number of benzene rings is 1. The lowest BCUT2D eigenvalue weighted by Gasteiger charge is -2.22. The topological polar surface area (TPSA) is 41.1 Å². The minimum absolute atomic E-state index is 0.0597. The molecule has 2 N–H and O–H groups in total. The van der Waals surface area contributed by atoms with Crippen molar-refractivity contribution in [1.29, 1.82) is 0 Å². The van der Waals surface area contributed by atoms with Crippen LogP contribution in [0.4, 0.5) is 4.39 Å². The maximum atomic E-state index is 13.4. The molecule has 1 aliphatic heterocycles. The van der Waals surface area contributed by atoms with Crippen LogP contribution in [0, 0.1) is 18.7 Å². The summed E-state index contributed by atoms with van der Waals surface area (Å²) in [5.74, 6) is 0.509. The highest BCUT2D eigenvalue weighted by Crippen LogP contribution is 2.17. The average Bonchev–Trinajstić information content (AvgIpc) is 2.47. The number of aryl methyl sites for hydroxylation is 1. The molecule has 1 heterocycles. The van der Waals surface area contributed by atoms with E-state index in [1.165, 1.54) is 6.07 Å². The van der Waals surface area contributed by atoms with Gasteiger partial charge in [0.2, 0.25) is 5.91 Å². The Morgan fingerprint density at radius 1 is 1.40 bits per heavy atom. The number of hydrogen-bond donors (Lipinski definition) is 2. The van der Waals surface area contributed by atoms with E-state index in [-0.39, 0.29) is 11.7 Å². The zero-order chi connectivity index (χ0) is 14.4. The van der Waals surface area contributed by atoms with E-state index in [1.807, 2.05) is 6.07 Å². The second kappa shape index (κ2) is 7.39. The van der Waals surface area contributed by atoms with Crippen LogP contribution >= 0.6 is 0 Å². The number of nitrogens with one attached hydrogen (secondary N) is 2. The second-order valence-electron chi connectivity index (χ2n) is 5.59. The fourth-order valence-corrected chi connectivity index (χ4v) is 2.54. The summed E-state index contributed by atoms with van der Waals surface area (Å²) in [4.78, 5) is 11.8. The number of piperidine rings is 1. The number of halogens is 1. The van der Waals surface area contributed by atoms with Gasteiger partial charge in [0.15, 0.2) is 0 Å². The van der Waals surface area contributed by atoms with E-state index in [0.717, 1.165) is 37.9 Å². The number of carbonyl (C=O) groups is 1. The van der Waals surface area contributed by atoms with Crippen LogP contribution in [0.15, 0.2) is 18.2 Å². The molecular weight excluding hydrogens is 255 g/mol. The predicted octanol–water partition coefficient (Wildman–Crippen LogP) is 2.53. The number of carbonyl (C=O) groups excluding carboxylic acids is 1. The summed E-state index contributed by atoms with van der Waals surface area (Å²) < 4.78 is 13.4. The molecular formula is C16H23FN2O. The Hall–Kier alpha value is -1.42. The molecule has 1 aliphatic rings. The molecule has 110 valence electrons. The van der Waals surface area contributed by atoms with Gasteiger partial charge in [0, 0.05) is 13.0 Å². The maximum absolute atomic E-state index is 13.4. The quantitative estimate of drug-likeness (QED) is 0.869. The number of hydrogen-bond acceptors (Lipinski definition) is 2. The van der Waals surface area contributed by atoms with Gasteiger partial charge in [0.05, 0.1) is 0 Å². The monoisotopic (exact) mass is 278 g/mol. The molecule has 0 spiro atoms. The van der Waals surface area contributed by atoms with Gasteiger partial charge >= 0.3 is 0 Å². The van der Waals surface area contributed by atoms with Crippen LogP contribution in [0.3, 0.4) is 0 Å². The molecule has 3 nitrogen and oxygen atoms in total. The normalized spacial score (nSPS) is 16.1. The first kappa shape index (κ1) is 15.0. The van der Waals surface area contributed by atoms with Crippen molar-refractivity contribution in [3.63, 3.8) is 0 Å². The largest absolute Gasteiger partial charge is 0.352 e. The van der Waals surface area contributed by atoms with Crippen LogP contribution in [0.1, 0.15) is 36.8 Å². The summed E-state index contributed by atoms with van der Waals surface area (Å²) in [5, 5.41) is 6.19. The molecule has 0 atom stereocenters. The zero-order valence-electron chi connectivity index (χ0n) is 12.0. The predicted molar refractivity (Wildman–Crippen MR) is 77.8 cm³/mol. The van der Waals surface area contributed by atoms with Crippen LogP contribution in [0.25, 0.3) is 0 Å². The molecule has 1 fully saturated rings.